The van der Waals surface area contributed by atoms with E-state index in [4.69, 9.17) is 23.2 Å². The van der Waals surface area contributed by atoms with E-state index in [1.807, 2.05) is 30.3 Å². The second-order valence-corrected chi connectivity index (χ2v) is 7.75. The Kier molecular flexibility index (Phi) is 3.43. The van der Waals surface area contributed by atoms with Crippen molar-refractivity contribution < 1.29 is 0 Å². The van der Waals surface area contributed by atoms with E-state index in [2.05, 4.69) is 23.6 Å². The molecule has 0 bridgehead atoms. The summed E-state index contributed by atoms with van der Waals surface area (Å²) in [5, 5.41) is 4.93. The topological polar surface area (TPSA) is 0 Å². The molecule has 0 spiro atoms. The second kappa shape index (κ2) is 5.29. The van der Waals surface area contributed by atoms with E-state index in [1.54, 1.807) is 22.7 Å². The highest BCUT2D eigenvalue weighted by molar-refractivity contribution is 7.27. The Morgan fingerprint density at radius 2 is 1.71 bits per heavy atom. The van der Waals surface area contributed by atoms with Gasteiger partial charge in [-0.25, -0.2) is 0 Å². The SMILES string of the molecule is Clc1ccc(C(Cl)c2cc3sccc3s2)c2ccccc12. The summed E-state index contributed by atoms with van der Waals surface area (Å²) in [7, 11) is 0. The van der Waals surface area contributed by atoms with Gasteiger partial charge in [0, 0.05) is 24.7 Å². The zero-order valence-corrected chi connectivity index (χ0v) is 14.0. The summed E-state index contributed by atoms with van der Waals surface area (Å²) in [6.07, 6.45) is 0. The first-order chi connectivity index (χ1) is 10.2. The van der Waals surface area contributed by atoms with E-state index in [0.29, 0.717) is 0 Å². The Balaban J connectivity index is 1.89. The zero-order chi connectivity index (χ0) is 14.4. The van der Waals surface area contributed by atoms with E-state index >= 15 is 0 Å². The van der Waals surface area contributed by atoms with E-state index in [0.717, 1.165) is 21.4 Å². The number of thiophene rings is 2. The molecule has 2 aromatic carbocycles. The highest BCUT2D eigenvalue weighted by Gasteiger charge is 2.17. The maximum Gasteiger partial charge on any atom is 0.0934 e. The van der Waals surface area contributed by atoms with Crippen molar-refractivity contribution in [1.29, 1.82) is 0 Å². The first-order valence-electron chi connectivity index (χ1n) is 6.52. The molecular formula is C17H10Cl2S2. The van der Waals surface area contributed by atoms with E-state index in [1.165, 1.54) is 14.3 Å². The molecular weight excluding hydrogens is 339 g/mol. The average molecular weight is 349 g/mol. The molecule has 0 nitrogen and oxygen atoms in total. The van der Waals surface area contributed by atoms with Gasteiger partial charge in [0.2, 0.25) is 0 Å². The van der Waals surface area contributed by atoms with E-state index in [-0.39, 0.29) is 5.38 Å². The van der Waals surface area contributed by atoms with Crippen LogP contribution < -0.4 is 0 Å². The fourth-order valence-electron chi connectivity index (χ4n) is 2.57. The number of rotatable bonds is 2. The van der Waals surface area contributed by atoms with Crippen molar-refractivity contribution in [3.8, 4) is 0 Å². The van der Waals surface area contributed by atoms with E-state index in [9.17, 15) is 0 Å². The van der Waals surface area contributed by atoms with Crippen LogP contribution in [0.3, 0.4) is 0 Å². The molecule has 2 aromatic heterocycles. The summed E-state index contributed by atoms with van der Waals surface area (Å²) in [6, 6.07) is 16.5. The molecule has 4 aromatic rings. The second-order valence-electron chi connectivity index (χ2n) is 4.84. The molecule has 0 N–H and O–H groups in total. The molecule has 0 radical (unpaired) electrons. The predicted octanol–water partition coefficient (Wildman–Crippen LogP) is 7.10. The van der Waals surface area contributed by atoms with Crippen LogP contribution in [0.5, 0.6) is 0 Å². The molecule has 0 amide bonds. The standard InChI is InChI=1S/C17H10Cl2S2/c18-13-6-5-12(10-3-1-2-4-11(10)13)17(19)16-9-15-14(21-16)7-8-20-15/h1-9,17H. The summed E-state index contributed by atoms with van der Waals surface area (Å²) in [5.41, 5.74) is 1.12. The number of hydrogen-bond acceptors (Lipinski definition) is 2. The molecule has 0 saturated carbocycles. The lowest BCUT2D eigenvalue weighted by molar-refractivity contribution is 1.21. The summed E-state index contributed by atoms with van der Waals surface area (Å²) < 4.78 is 2.61. The minimum atomic E-state index is -0.142. The largest absolute Gasteiger partial charge is 0.143 e. The van der Waals surface area contributed by atoms with Gasteiger partial charge in [0.1, 0.15) is 0 Å². The highest BCUT2D eigenvalue weighted by Crippen LogP contribution is 2.41. The Morgan fingerprint density at radius 1 is 0.905 bits per heavy atom. The maximum absolute atomic E-state index is 6.76. The average Bonchev–Trinajstić information content (AvgIpc) is 3.08. The summed E-state index contributed by atoms with van der Waals surface area (Å²) in [4.78, 5) is 1.19. The quantitative estimate of drug-likeness (QED) is 0.339. The molecule has 1 unspecified atom stereocenters. The van der Waals surface area contributed by atoms with Crippen molar-refractivity contribution in [2.24, 2.45) is 0 Å². The van der Waals surface area contributed by atoms with Gasteiger partial charge in [0.15, 0.2) is 0 Å². The van der Waals surface area contributed by atoms with Gasteiger partial charge in [0.05, 0.1) is 5.38 Å². The lowest BCUT2D eigenvalue weighted by Crippen LogP contribution is -1.92. The van der Waals surface area contributed by atoms with Gasteiger partial charge >= 0.3 is 0 Å². The van der Waals surface area contributed by atoms with Crippen LogP contribution in [0, 0.1) is 0 Å². The summed E-state index contributed by atoms with van der Waals surface area (Å²) in [5.74, 6) is 0. The van der Waals surface area contributed by atoms with Crippen molar-refractivity contribution in [2.45, 2.75) is 5.38 Å². The van der Waals surface area contributed by atoms with Gasteiger partial charge in [-0.1, -0.05) is 41.9 Å². The Hall–Kier alpha value is -1.06. The molecule has 104 valence electrons. The van der Waals surface area contributed by atoms with Gasteiger partial charge in [0.25, 0.3) is 0 Å². The van der Waals surface area contributed by atoms with Crippen LogP contribution in [-0.2, 0) is 0 Å². The molecule has 0 fully saturated rings. The first kappa shape index (κ1) is 13.6. The summed E-state index contributed by atoms with van der Waals surface area (Å²) in [6.45, 7) is 0. The fraction of sp³-hybridized carbons (Fsp3) is 0.0588. The zero-order valence-electron chi connectivity index (χ0n) is 10.8. The fourth-order valence-corrected chi connectivity index (χ4v) is 5.30. The van der Waals surface area contributed by atoms with Crippen LogP contribution in [0.2, 0.25) is 5.02 Å². The van der Waals surface area contributed by atoms with Gasteiger partial charge in [-0.15, -0.1) is 34.3 Å². The van der Waals surface area contributed by atoms with E-state index < -0.39 is 0 Å². The van der Waals surface area contributed by atoms with Crippen molar-refractivity contribution in [3.63, 3.8) is 0 Å². The molecule has 2 heterocycles. The molecule has 4 rings (SSSR count). The van der Waals surface area contributed by atoms with Gasteiger partial charge < -0.3 is 0 Å². The Morgan fingerprint density at radius 3 is 2.52 bits per heavy atom. The van der Waals surface area contributed by atoms with Crippen LogP contribution in [-0.4, -0.2) is 0 Å². The maximum atomic E-state index is 6.76. The predicted molar refractivity (Wildman–Crippen MR) is 96.4 cm³/mol. The lowest BCUT2D eigenvalue weighted by atomic mass is 10.0. The lowest BCUT2D eigenvalue weighted by Gasteiger charge is -2.12. The minimum Gasteiger partial charge on any atom is -0.143 e. The van der Waals surface area contributed by atoms with Crippen molar-refractivity contribution in [1.82, 2.24) is 0 Å². The molecule has 0 saturated heterocycles. The Bertz CT molecular complexity index is 908. The number of halogens is 2. The van der Waals surface area contributed by atoms with Crippen LogP contribution in [0.1, 0.15) is 15.8 Å². The van der Waals surface area contributed by atoms with Gasteiger partial charge in [-0.2, -0.15) is 0 Å². The molecule has 0 aliphatic heterocycles. The third-order valence-corrected chi connectivity index (χ3v) is 6.67. The van der Waals surface area contributed by atoms with Gasteiger partial charge in [-0.05, 0) is 34.5 Å². The number of fused-ring (bicyclic) bond motifs is 2. The van der Waals surface area contributed by atoms with Crippen molar-refractivity contribution >= 4 is 66.0 Å². The van der Waals surface area contributed by atoms with Crippen molar-refractivity contribution in [2.75, 3.05) is 0 Å². The molecule has 1 atom stereocenters. The number of alkyl halides is 1. The highest BCUT2D eigenvalue weighted by atomic mass is 35.5. The number of hydrogen-bond donors (Lipinski definition) is 0. The van der Waals surface area contributed by atoms with Crippen LogP contribution in [0.4, 0.5) is 0 Å². The smallest absolute Gasteiger partial charge is 0.0934 e. The Labute approximate surface area is 140 Å². The first-order valence-corrected chi connectivity index (χ1v) is 9.03. The van der Waals surface area contributed by atoms with Crippen molar-refractivity contribution in [3.05, 3.63) is 69.4 Å². The van der Waals surface area contributed by atoms with Crippen LogP contribution >= 0.6 is 45.9 Å². The molecule has 0 aliphatic rings. The third kappa shape index (κ3) is 2.27. The number of benzene rings is 2. The third-order valence-electron chi connectivity index (χ3n) is 3.59. The monoisotopic (exact) mass is 348 g/mol. The molecule has 21 heavy (non-hydrogen) atoms. The molecule has 4 heteroatoms. The summed E-state index contributed by atoms with van der Waals surface area (Å²) >= 11 is 16.6. The minimum absolute atomic E-state index is 0.142. The van der Waals surface area contributed by atoms with Crippen LogP contribution in [0.25, 0.3) is 20.2 Å². The normalized spacial score (nSPS) is 13.0. The van der Waals surface area contributed by atoms with Gasteiger partial charge in [-0.3, -0.25) is 0 Å². The van der Waals surface area contributed by atoms with Crippen LogP contribution in [0.15, 0.2) is 53.9 Å². The molecule has 0 aliphatic carbocycles.